The quantitative estimate of drug-likeness (QED) is 0.441. The van der Waals surface area contributed by atoms with Gasteiger partial charge in [-0.3, -0.25) is 19.7 Å². The number of hydrogen-bond donors (Lipinski definition) is 2. The fourth-order valence-electron chi connectivity index (χ4n) is 2.38. The number of imide groups is 2. The summed E-state index contributed by atoms with van der Waals surface area (Å²) in [7, 11) is 0. The third kappa shape index (κ3) is 4.09. The number of carbonyl (C=O) groups excluding carboxylic acids is 4. The molecule has 0 saturated carbocycles. The minimum atomic E-state index is -1.34. The standard InChI is InChI=1S/C18H13BrN4O4/c19-12-6-8-13(9-7-12)23-17(26)14(16(25)21-18(23)27)10-20-22-15(24)11-4-2-1-3-5-11/h1-10,14H,(H,22,24)(H,21,25,27)/b20-10-/t14-/m1/s1. The van der Waals surface area contributed by atoms with Gasteiger partial charge in [0, 0.05) is 16.3 Å². The van der Waals surface area contributed by atoms with E-state index < -0.39 is 29.7 Å². The summed E-state index contributed by atoms with van der Waals surface area (Å²) >= 11 is 3.27. The van der Waals surface area contributed by atoms with Crippen molar-refractivity contribution in [1.29, 1.82) is 0 Å². The molecule has 2 aromatic carbocycles. The van der Waals surface area contributed by atoms with E-state index in [1.54, 1.807) is 54.6 Å². The van der Waals surface area contributed by atoms with Crippen molar-refractivity contribution in [3.05, 3.63) is 64.6 Å². The number of benzene rings is 2. The van der Waals surface area contributed by atoms with E-state index in [4.69, 9.17) is 0 Å². The number of hydrazone groups is 1. The maximum Gasteiger partial charge on any atom is 0.335 e. The second kappa shape index (κ2) is 7.92. The van der Waals surface area contributed by atoms with Crippen LogP contribution in [0.4, 0.5) is 10.5 Å². The highest BCUT2D eigenvalue weighted by atomic mass is 79.9. The van der Waals surface area contributed by atoms with E-state index in [-0.39, 0.29) is 0 Å². The number of hydrogen-bond acceptors (Lipinski definition) is 5. The molecule has 2 N–H and O–H groups in total. The number of rotatable bonds is 4. The van der Waals surface area contributed by atoms with Gasteiger partial charge in [-0.25, -0.2) is 15.1 Å². The zero-order chi connectivity index (χ0) is 19.4. The molecule has 0 bridgehead atoms. The van der Waals surface area contributed by atoms with Crippen molar-refractivity contribution in [2.45, 2.75) is 0 Å². The first-order chi connectivity index (χ1) is 13.0. The number of barbiturate groups is 1. The van der Waals surface area contributed by atoms with Gasteiger partial charge in [0.05, 0.1) is 5.69 Å². The predicted molar refractivity (Wildman–Crippen MR) is 101 cm³/mol. The van der Waals surface area contributed by atoms with E-state index in [2.05, 4.69) is 31.8 Å². The van der Waals surface area contributed by atoms with Gasteiger partial charge in [-0.05, 0) is 36.4 Å². The SMILES string of the molecule is O=C(N/N=C\[C@@H]1C(=O)NC(=O)N(c2ccc(Br)cc2)C1=O)c1ccccc1. The maximum absolute atomic E-state index is 12.6. The van der Waals surface area contributed by atoms with Crippen molar-refractivity contribution >= 4 is 51.6 Å². The molecule has 0 aromatic heterocycles. The summed E-state index contributed by atoms with van der Waals surface area (Å²) in [4.78, 5) is 49.5. The molecule has 1 saturated heterocycles. The smallest absolute Gasteiger partial charge is 0.276 e. The van der Waals surface area contributed by atoms with E-state index in [0.717, 1.165) is 15.6 Å². The van der Waals surface area contributed by atoms with E-state index in [1.807, 2.05) is 0 Å². The zero-order valence-electron chi connectivity index (χ0n) is 13.8. The third-order valence-corrected chi connectivity index (χ3v) is 4.24. The van der Waals surface area contributed by atoms with E-state index >= 15 is 0 Å². The summed E-state index contributed by atoms with van der Waals surface area (Å²) in [6.45, 7) is 0. The number of carbonyl (C=O) groups is 4. The van der Waals surface area contributed by atoms with E-state index in [0.29, 0.717) is 11.3 Å². The fourth-order valence-corrected chi connectivity index (χ4v) is 2.65. The summed E-state index contributed by atoms with van der Waals surface area (Å²) in [6, 6.07) is 13.9. The van der Waals surface area contributed by atoms with E-state index in [9.17, 15) is 19.2 Å². The highest BCUT2D eigenvalue weighted by molar-refractivity contribution is 9.10. The first-order valence-corrected chi connectivity index (χ1v) is 8.59. The van der Waals surface area contributed by atoms with Gasteiger partial charge in [-0.2, -0.15) is 5.10 Å². The van der Waals surface area contributed by atoms with Crippen LogP contribution in [-0.4, -0.2) is 30.0 Å². The Morgan fingerprint density at radius 3 is 2.41 bits per heavy atom. The monoisotopic (exact) mass is 428 g/mol. The maximum atomic E-state index is 12.6. The van der Waals surface area contributed by atoms with Crippen molar-refractivity contribution in [1.82, 2.24) is 10.7 Å². The molecule has 3 rings (SSSR count). The molecule has 1 aliphatic heterocycles. The topological polar surface area (TPSA) is 108 Å². The van der Waals surface area contributed by atoms with Crippen molar-refractivity contribution < 1.29 is 19.2 Å². The first kappa shape index (κ1) is 18.5. The van der Waals surface area contributed by atoms with Gasteiger partial charge in [-0.1, -0.05) is 34.1 Å². The molecule has 1 heterocycles. The Morgan fingerprint density at radius 2 is 1.74 bits per heavy atom. The lowest BCUT2D eigenvalue weighted by Gasteiger charge is -2.28. The van der Waals surface area contributed by atoms with Crippen molar-refractivity contribution in [3.8, 4) is 0 Å². The van der Waals surface area contributed by atoms with Crippen LogP contribution in [0.3, 0.4) is 0 Å². The minimum Gasteiger partial charge on any atom is -0.276 e. The molecule has 0 aliphatic carbocycles. The molecule has 5 amide bonds. The molecular formula is C18H13BrN4O4. The Balaban J connectivity index is 1.75. The number of amides is 5. The summed E-state index contributed by atoms with van der Waals surface area (Å²) in [5.41, 5.74) is 2.93. The summed E-state index contributed by atoms with van der Waals surface area (Å²) < 4.78 is 0.772. The number of nitrogens with zero attached hydrogens (tertiary/aromatic N) is 2. The predicted octanol–water partition coefficient (Wildman–Crippen LogP) is 2.06. The van der Waals surface area contributed by atoms with Crippen LogP contribution >= 0.6 is 15.9 Å². The molecule has 1 fully saturated rings. The highest BCUT2D eigenvalue weighted by Gasteiger charge is 2.40. The van der Waals surface area contributed by atoms with Gasteiger partial charge in [0.15, 0.2) is 5.92 Å². The Kier molecular flexibility index (Phi) is 5.41. The Bertz CT molecular complexity index is 928. The molecule has 1 aliphatic rings. The second-order valence-electron chi connectivity index (χ2n) is 5.51. The molecule has 0 spiro atoms. The van der Waals surface area contributed by atoms with Crippen LogP contribution in [0.25, 0.3) is 0 Å². The lowest BCUT2D eigenvalue weighted by atomic mass is 10.1. The first-order valence-electron chi connectivity index (χ1n) is 7.80. The van der Waals surface area contributed by atoms with Crippen molar-refractivity contribution in [3.63, 3.8) is 0 Å². The fraction of sp³-hybridized carbons (Fsp3) is 0.0556. The van der Waals surface area contributed by atoms with Gasteiger partial charge < -0.3 is 0 Å². The van der Waals surface area contributed by atoms with Crippen LogP contribution in [0.1, 0.15) is 10.4 Å². The van der Waals surface area contributed by atoms with Crippen LogP contribution in [0.2, 0.25) is 0 Å². The normalized spacial score (nSPS) is 17.1. The summed E-state index contributed by atoms with van der Waals surface area (Å²) in [5.74, 6) is -3.40. The molecule has 2 aromatic rings. The molecule has 8 nitrogen and oxygen atoms in total. The van der Waals surface area contributed by atoms with Crippen LogP contribution in [0.15, 0.2) is 64.2 Å². The Labute approximate surface area is 162 Å². The molecule has 136 valence electrons. The van der Waals surface area contributed by atoms with Gasteiger partial charge in [0.25, 0.3) is 11.8 Å². The lowest BCUT2D eigenvalue weighted by Crippen LogP contribution is -2.58. The third-order valence-electron chi connectivity index (χ3n) is 3.71. The van der Waals surface area contributed by atoms with Crippen LogP contribution in [0, 0.1) is 5.92 Å². The number of urea groups is 1. The lowest BCUT2D eigenvalue weighted by molar-refractivity contribution is -0.131. The van der Waals surface area contributed by atoms with E-state index in [1.165, 1.54) is 0 Å². The van der Waals surface area contributed by atoms with Crippen LogP contribution < -0.4 is 15.6 Å². The second-order valence-corrected chi connectivity index (χ2v) is 6.42. The molecule has 0 unspecified atom stereocenters. The van der Waals surface area contributed by atoms with Crippen LogP contribution in [-0.2, 0) is 9.59 Å². The van der Waals surface area contributed by atoms with Crippen molar-refractivity contribution in [2.24, 2.45) is 11.0 Å². The van der Waals surface area contributed by atoms with Gasteiger partial charge in [-0.15, -0.1) is 0 Å². The average Bonchev–Trinajstić information content (AvgIpc) is 2.66. The molecule has 27 heavy (non-hydrogen) atoms. The van der Waals surface area contributed by atoms with Gasteiger partial charge >= 0.3 is 6.03 Å². The summed E-state index contributed by atoms with van der Waals surface area (Å²) in [6.07, 6.45) is 0.997. The minimum absolute atomic E-state index is 0.305. The van der Waals surface area contributed by atoms with Crippen molar-refractivity contribution in [2.75, 3.05) is 4.90 Å². The van der Waals surface area contributed by atoms with Crippen LogP contribution in [0.5, 0.6) is 0 Å². The largest absolute Gasteiger partial charge is 0.335 e. The number of halogens is 1. The molecule has 9 heteroatoms. The highest BCUT2D eigenvalue weighted by Crippen LogP contribution is 2.22. The molecule has 0 radical (unpaired) electrons. The number of nitrogens with one attached hydrogen (secondary N) is 2. The average molecular weight is 429 g/mol. The molecular weight excluding hydrogens is 416 g/mol. The summed E-state index contributed by atoms with van der Waals surface area (Å²) in [5, 5.41) is 5.79. The Hall–Kier alpha value is -3.33. The Morgan fingerprint density at radius 1 is 1.07 bits per heavy atom. The van der Waals surface area contributed by atoms with Gasteiger partial charge in [0.1, 0.15) is 0 Å². The zero-order valence-corrected chi connectivity index (χ0v) is 15.3. The van der Waals surface area contributed by atoms with Gasteiger partial charge in [0.2, 0.25) is 5.91 Å². The number of anilines is 1. The molecule has 1 atom stereocenters.